The molecule has 0 bridgehead atoms. The van der Waals surface area contributed by atoms with E-state index in [1.165, 1.54) is 0 Å². The molecule has 0 amide bonds. The average molecular weight is 345 g/mol. The first-order valence-electron chi connectivity index (χ1n) is 6.56. The van der Waals surface area contributed by atoms with Gasteiger partial charge in [-0.05, 0) is 36.6 Å². The Labute approximate surface area is 135 Å². The highest BCUT2D eigenvalue weighted by atomic mass is 79.9. The van der Waals surface area contributed by atoms with Crippen molar-refractivity contribution in [1.29, 1.82) is 5.26 Å². The number of rotatable bonds is 4. The van der Waals surface area contributed by atoms with Crippen LogP contribution in [0.15, 0.2) is 42.7 Å². The SMILES string of the molecule is Cc1cccc(C)c1CC(=O)C[n+]1cccc(C#N)c1.[Br-]. The Bertz CT molecular complexity index is 669. The third kappa shape index (κ3) is 4.51. The first-order chi connectivity index (χ1) is 9.60. The Hall–Kier alpha value is -1.99. The predicted molar refractivity (Wildman–Crippen MR) is 76.0 cm³/mol. The Morgan fingerprint density at radius 3 is 2.48 bits per heavy atom. The summed E-state index contributed by atoms with van der Waals surface area (Å²) in [5.41, 5.74) is 3.96. The monoisotopic (exact) mass is 344 g/mol. The number of carbonyl (C=O) groups is 1. The fraction of sp³-hybridized carbons (Fsp3) is 0.235. The van der Waals surface area contributed by atoms with E-state index in [2.05, 4.69) is 6.07 Å². The fourth-order valence-corrected chi connectivity index (χ4v) is 2.27. The van der Waals surface area contributed by atoms with E-state index in [-0.39, 0.29) is 22.8 Å². The number of hydrogen-bond acceptors (Lipinski definition) is 2. The quantitative estimate of drug-likeness (QED) is 0.687. The van der Waals surface area contributed by atoms with Crippen LogP contribution in [0.25, 0.3) is 0 Å². The van der Waals surface area contributed by atoms with E-state index >= 15 is 0 Å². The molecule has 0 saturated carbocycles. The number of aryl methyl sites for hydroxylation is 2. The summed E-state index contributed by atoms with van der Waals surface area (Å²) in [7, 11) is 0. The summed E-state index contributed by atoms with van der Waals surface area (Å²) in [6, 6.07) is 11.6. The third-order valence-corrected chi connectivity index (χ3v) is 3.36. The van der Waals surface area contributed by atoms with Gasteiger partial charge in [0.25, 0.3) is 0 Å². The molecule has 1 aromatic heterocycles. The van der Waals surface area contributed by atoms with Crippen LogP contribution in [0.2, 0.25) is 0 Å². The van der Waals surface area contributed by atoms with Gasteiger partial charge in [0, 0.05) is 12.5 Å². The minimum atomic E-state index is 0. The summed E-state index contributed by atoms with van der Waals surface area (Å²) in [5.74, 6) is 0.141. The van der Waals surface area contributed by atoms with Crippen molar-refractivity contribution in [2.75, 3.05) is 0 Å². The van der Waals surface area contributed by atoms with Crippen LogP contribution in [-0.4, -0.2) is 5.78 Å². The summed E-state index contributed by atoms with van der Waals surface area (Å²) in [4.78, 5) is 12.2. The molecule has 0 unspecified atom stereocenters. The Kier molecular flexibility index (Phi) is 6.26. The zero-order valence-corrected chi connectivity index (χ0v) is 13.7. The van der Waals surface area contributed by atoms with Gasteiger partial charge >= 0.3 is 0 Å². The van der Waals surface area contributed by atoms with Gasteiger partial charge in [0.15, 0.2) is 12.4 Å². The highest BCUT2D eigenvalue weighted by Gasteiger charge is 2.13. The molecule has 21 heavy (non-hydrogen) atoms. The van der Waals surface area contributed by atoms with Gasteiger partial charge in [-0.25, -0.2) is 0 Å². The molecule has 0 atom stereocenters. The lowest BCUT2D eigenvalue weighted by Gasteiger charge is -2.07. The van der Waals surface area contributed by atoms with Gasteiger partial charge < -0.3 is 17.0 Å². The lowest BCUT2D eigenvalue weighted by molar-refractivity contribution is -0.684. The average Bonchev–Trinajstić information content (AvgIpc) is 2.43. The number of pyridine rings is 1. The Morgan fingerprint density at radius 1 is 1.19 bits per heavy atom. The van der Waals surface area contributed by atoms with Crippen molar-refractivity contribution < 1.29 is 26.3 Å². The van der Waals surface area contributed by atoms with Crippen LogP contribution in [0.5, 0.6) is 0 Å². The number of carbonyl (C=O) groups excluding carboxylic acids is 1. The van der Waals surface area contributed by atoms with E-state index in [9.17, 15) is 4.79 Å². The molecular formula is C17H17BrN2O. The van der Waals surface area contributed by atoms with Gasteiger partial charge in [0.2, 0.25) is 12.3 Å². The molecule has 0 aliphatic rings. The van der Waals surface area contributed by atoms with Crippen molar-refractivity contribution >= 4 is 5.78 Å². The number of halogens is 1. The molecule has 1 heterocycles. The topological polar surface area (TPSA) is 44.7 Å². The van der Waals surface area contributed by atoms with E-state index in [4.69, 9.17) is 5.26 Å². The van der Waals surface area contributed by atoms with E-state index in [1.807, 2.05) is 38.2 Å². The van der Waals surface area contributed by atoms with Gasteiger partial charge in [-0.2, -0.15) is 9.83 Å². The fourth-order valence-electron chi connectivity index (χ4n) is 2.27. The van der Waals surface area contributed by atoms with Crippen LogP contribution in [0.1, 0.15) is 22.3 Å². The second-order valence-electron chi connectivity index (χ2n) is 4.96. The summed E-state index contributed by atoms with van der Waals surface area (Å²) in [6.07, 6.45) is 3.94. The molecular weight excluding hydrogens is 328 g/mol. The summed E-state index contributed by atoms with van der Waals surface area (Å²) >= 11 is 0. The van der Waals surface area contributed by atoms with E-state index in [0.29, 0.717) is 18.5 Å². The number of benzene rings is 1. The molecule has 1 aromatic carbocycles. The van der Waals surface area contributed by atoms with Crippen LogP contribution in [0, 0.1) is 25.2 Å². The number of aromatic nitrogens is 1. The molecule has 0 aliphatic heterocycles. The number of nitriles is 1. The molecule has 2 aromatic rings. The second-order valence-corrected chi connectivity index (χ2v) is 4.96. The van der Waals surface area contributed by atoms with Crippen molar-refractivity contribution in [2.24, 2.45) is 0 Å². The van der Waals surface area contributed by atoms with E-state index in [1.54, 1.807) is 22.9 Å². The molecule has 2 rings (SSSR count). The largest absolute Gasteiger partial charge is 1.00 e. The first kappa shape index (κ1) is 17.1. The first-order valence-corrected chi connectivity index (χ1v) is 6.56. The van der Waals surface area contributed by atoms with Gasteiger partial charge in [-0.3, -0.25) is 4.79 Å². The lowest BCUT2D eigenvalue weighted by Crippen LogP contribution is -3.00. The maximum absolute atomic E-state index is 12.2. The molecule has 0 fully saturated rings. The standard InChI is InChI=1S/C17H17N2O.BrH/c1-13-5-3-6-14(2)17(13)9-16(20)12-19-8-4-7-15(10-18)11-19;/h3-8,11H,9,12H2,1-2H3;1H/q+1;/p-1. The highest BCUT2D eigenvalue weighted by Crippen LogP contribution is 2.14. The van der Waals surface area contributed by atoms with Crippen LogP contribution in [-0.2, 0) is 17.8 Å². The maximum atomic E-state index is 12.2. The molecule has 0 aliphatic carbocycles. The molecule has 3 nitrogen and oxygen atoms in total. The highest BCUT2D eigenvalue weighted by molar-refractivity contribution is 5.80. The normalized spacial score (nSPS) is 9.57. The van der Waals surface area contributed by atoms with Crippen LogP contribution >= 0.6 is 0 Å². The van der Waals surface area contributed by atoms with Gasteiger partial charge in [0.05, 0.1) is 0 Å². The number of Topliss-reactive ketones (excluding diaryl/α,β-unsaturated/α-hetero) is 1. The summed E-state index contributed by atoms with van der Waals surface area (Å²) in [6.45, 7) is 4.35. The third-order valence-electron chi connectivity index (χ3n) is 3.36. The molecule has 0 spiro atoms. The number of nitrogens with zero attached hydrogens (tertiary/aromatic N) is 2. The van der Waals surface area contributed by atoms with Crippen molar-refractivity contribution in [3.05, 3.63) is 65.0 Å². The second kappa shape index (κ2) is 7.70. The number of hydrogen-bond donors (Lipinski definition) is 0. The van der Waals surface area contributed by atoms with Crippen molar-refractivity contribution in [2.45, 2.75) is 26.8 Å². The zero-order valence-electron chi connectivity index (χ0n) is 12.1. The van der Waals surface area contributed by atoms with Gasteiger partial charge in [0.1, 0.15) is 11.6 Å². The van der Waals surface area contributed by atoms with E-state index in [0.717, 1.165) is 16.7 Å². The summed E-state index contributed by atoms with van der Waals surface area (Å²) < 4.78 is 1.76. The molecule has 0 radical (unpaired) electrons. The molecule has 4 heteroatoms. The van der Waals surface area contributed by atoms with Gasteiger partial charge in [-0.15, -0.1) is 0 Å². The van der Waals surface area contributed by atoms with Crippen LogP contribution < -0.4 is 21.5 Å². The Morgan fingerprint density at radius 2 is 1.86 bits per heavy atom. The molecule has 108 valence electrons. The predicted octanol–water partition coefficient (Wildman–Crippen LogP) is -0.722. The lowest BCUT2D eigenvalue weighted by atomic mass is 9.98. The van der Waals surface area contributed by atoms with Crippen LogP contribution in [0.4, 0.5) is 0 Å². The zero-order chi connectivity index (χ0) is 14.5. The maximum Gasteiger partial charge on any atom is 0.206 e. The summed E-state index contributed by atoms with van der Waals surface area (Å²) in [5, 5.41) is 8.86. The van der Waals surface area contributed by atoms with Crippen molar-refractivity contribution in [3.8, 4) is 6.07 Å². The molecule has 0 saturated heterocycles. The minimum absolute atomic E-state index is 0. The molecule has 0 N–H and O–H groups in total. The van der Waals surface area contributed by atoms with Crippen LogP contribution in [0.3, 0.4) is 0 Å². The Balaban J connectivity index is 0.00000220. The van der Waals surface area contributed by atoms with Crippen molar-refractivity contribution in [3.63, 3.8) is 0 Å². The van der Waals surface area contributed by atoms with E-state index < -0.39 is 0 Å². The smallest absolute Gasteiger partial charge is 0.206 e. The van der Waals surface area contributed by atoms with Gasteiger partial charge in [-0.1, -0.05) is 18.2 Å². The van der Waals surface area contributed by atoms with Crippen molar-refractivity contribution in [1.82, 2.24) is 0 Å². The minimum Gasteiger partial charge on any atom is -1.00 e. The number of ketones is 1.